The Morgan fingerprint density at radius 1 is 1.37 bits per heavy atom. The van der Waals surface area contributed by atoms with Gasteiger partial charge in [0.1, 0.15) is 6.10 Å². The van der Waals surface area contributed by atoms with E-state index in [-0.39, 0.29) is 18.6 Å². The molecule has 0 aliphatic heterocycles. The molecule has 0 radical (unpaired) electrons. The van der Waals surface area contributed by atoms with Crippen molar-refractivity contribution in [2.24, 2.45) is 17.8 Å². The molecule has 0 aromatic carbocycles. The minimum atomic E-state index is -0.138. The zero-order valence-electron chi connectivity index (χ0n) is 12.8. The maximum Gasteiger partial charge on any atom is 0.320 e. The van der Waals surface area contributed by atoms with Crippen LogP contribution in [0, 0.1) is 17.8 Å². The summed E-state index contributed by atoms with van der Waals surface area (Å²) in [4.78, 5) is 11.8. The van der Waals surface area contributed by atoms with E-state index in [1.807, 2.05) is 0 Å². The van der Waals surface area contributed by atoms with Gasteiger partial charge in [-0.25, -0.2) is 0 Å². The Bertz CT molecular complexity index is 268. The van der Waals surface area contributed by atoms with Gasteiger partial charge in [-0.3, -0.25) is 4.79 Å². The minimum Gasteiger partial charge on any atom is -0.461 e. The maximum absolute atomic E-state index is 11.8. The van der Waals surface area contributed by atoms with E-state index in [4.69, 9.17) is 9.47 Å². The van der Waals surface area contributed by atoms with E-state index in [2.05, 4.69) is 26.1 Å². The molecule has 4 heteroatoms. The summed E-state index contributed by atoms with van der Waals surface area (Å²) in [5.41, 5.74) is 0. The van der Waals surface area contributed by atoms with Crippen molar-refractivity contribution in [1.82, 2.24) is 5.32 Å². The standard InChI is InChI=1S/C15H29NO3/c1-11(2)13-6-5-12(3)9-14(13)19-15(17)10-16-7-8-18-4/h11-14,16H,5-10H2,1-4H3. The van der Waals surface area contributed by atoms with Gasteiger partial charge < -0.3 is 14.8 Å². The average Bonchev–Trinajstić information content (AvgIpc) is 2.34. The molecule has 4 nitrogen and oxygen atoms in total. The van der Waals surface area contributed by atoms with E-state index in [0.717, 1.165) is 6.42 Å². The molecule has 1 rings (SSSR count). The molecule has 19 heavy (non-hydrogen) atoms. The summed E-state index contributed by atoms with van der Waals surface area (Å²) in [6, 6.07) is 0. The first kappa shape index (κ1) is 16.4. The van der Waals surface area contributed by atoms with Crippen molar-refractivity contribution >= 4 is 5.97 Å². The van der Waals surface area contributed by atoms with Crippen LogP contribution in [-0.4, -0.2) is 38.9 Å². The van der Waals surface area contributed by atoms with Crippen LogP contribution >= 0.6 is 0 Å². The predicted octanol–water partition coefficient (Wildman–Crippen LogP) is 2.23. The fourth-order valence-electron chi connectivity index (χ4n) is 2.83. The van der Waals surface area contributed by atoms with Gasteiger partial charge >= 0.3 is 5.97 Å². The van der Waals surface area contributed by atoms with Crippen LogP contribution in [0.15, 0.2) is 0 Å². The average molecular weight is 271 g/mol. The zero-order chi connectivity index (χ0) is 14.3. The summed E-state index contributed by atoms with van der Waals surface area (Å²) in [7, 11) is 1.65. The van der Waals surface area contributed by atoms with Gasteiger partial charge in [0.25, 0.3) is 0 Å². The number of hydrogen-bond donors (Lipinski definition) is 1. The van der Waals surface area contributed by atoms with Crippen molar-refractivity contribution in [3.8, 4) is 0 Å². The van der Waals surface area contributed by atoms with Crippen molar-refractivity contribution in [2.45, 2.75) is 46.1 Å². The third kappa shape index (κ3) is 5.91. The molecule has 112 valence electrons. The summed E-state index contributed by atoms with van der Waals surface area (Å²) in [6.45, 7) is 8.26. The number of rotatable bonds is 7. The van der Waals surface area contributed by atoms with Crippen LogP contribution in [0.1, 0.15) is 40.0 Å². The lowest BCUT2D eigenvalue weighted by atomic mass is 9.75. The molecule has 3 unspecified atom stereocenters. The Labute approximate surface area is 117 Å². The molecule has 0 aromatic rings. The van der Waals surface area contributed by atoms with E-state index in [1.54, 1.807) is 7.11 Å². The molecule has 0 aromatic heterocycles. The molecular weight excluding hydrogens is 242 g/mol. The Kier molecular flexibility index (Phi) is 7.39. The smallest absolute Gasteiger partial charge is 0.320 e. The quantitative estimate of drug-likeness (QED) is 0.570. The van der Waals surface area contributed by atoms with Crippen LogP contribution in [0.4, 0.5) is 0 Å². The highest BCUT2D eigenvalue weighted by Crippen LogP contribution is 2.35. The summed E-state index contributed by atoms with van der Waals surface area (Å²) in [5, 5.41) is 3.03. The number of ether oxygens (including phenoxy) is 2. The van der Waals surface area contributed by atoms with E-state index in [0.29, 0.717) is 30.9 Å². The number of nitrogens with one attached hydrogen (secondary N) is 1. The van der Waals surface area contributed by atoms with Crippen molar-refractivity contribution in [3.05, 3.63) is 0 Å². The Hall–Kier alpha value is -0.610. The first-order valence-electron chi connectivity index (χ1n) is 7.43. The molecule has 1 fully saturated rings. The first-order chi connectivity index (χ1) is 9.04. The van der Waals surface area contributed by atoms with Gasteiger partial charge in [-0.2, -0.15) is 0 Å². The lowest BCUT2D eigenvalue weighted by Gasteiger charge is -2.36. The highest BCUT2D eigenvalue weighted by atomic mass is 16.5. The predicted molar refractivity (Wildman–Crippen MR) is 76.0 cm³/mol. The maximum atomic E-state index is 11.8. The molecule has 1 N–H and O–H groups in total. The van der Waals surface area contributed by atoms with E-state index < -0.39 is 0 Å². The van der Waals surface area contributed by atoms with Crippen molar-refractivity contribution in [2.75, 3.05) is 26.8 Å². The largest absolute Gasteiger partial charge is 0.461 e. The van der Waals surface area contributed by atoms with Gasteiger partial charge in [0, 0.05) is 13.7 Å². The van der Waals surface area contributed by atoms with Gasteiger partial charge in [0.05, 0.1) is 13.2 Å². The topological polar surface area (TPSA) is 47.6 Å². The zero-order valence-corrected chi connectivity index (χ0v) is 12.8. The van der Waals surface area contributed by atoms with E-state index in [9.17, 15) is 4.79 Å². The fourth-order valence-corrected chi connectivity index (χ4v) is 2.83. The molecule has 1 aliphatic rings. The van der Waals surface area contributed by atoms with Crippen molar-refractivity contribution in [1.29, 1.82) is 0 Å². The molecule has 3 atom stereocenters. The van der Waals surface area contributed by atoms with Gasteiger partial charge in [-0.1, -0.05) is 27.2 Å². The minimum absolute atomic E-state index is 0.0977. The van der Waals surface area contributed by atoms with Gasteiger partial charge in [0.2, 0.25) is 0 Å². The molecular formula is C15H29NO3. The van der Waals surface area contributed by atoms with Crippen molar-refractivity contribution in [3.63, 3.8) is 0 Å². The second-order valence-corrected chi connectivity index (χ2v) is 6.02. The second kappa shape index (κ2) is 8.54. The molecule has 1 aliphatic carbocycles. The SMILES string of the molecule is COCCNCC(=O)OC1CC(C)CCC1C(C)C. The summed E-state index contributed by atoms with van der Waals surface area (Å²) in [5.74, 6) is 1.61. The van der Waals surface area contributed by atoms with Gasteiger partial charge in [-0.05, 0) is 30.6 Å². The van der Waals surface area contributed by atoms with Crippen LogP contribution in [-0.2, 0) is 14.3 Å². The summed E-state index contributed by atoms with van der Waals surface area (Å²) < 4.78 is 10.6. The van der Waals surface area contributed by atoms with Gasteiger partial charge in [0.15, 0.2) is 0 Å². The molecule has 0 heterocycles. The third-order valence-electron chi connectivity index (χ3n) is 4.00. The van der Waals surface area contributed by atoms with Crippen LogP contribution in [0.3, 0.4) is 0 Å². The highest BCUT2D eigenvalue weighted by molar-refractivity contribution is 5.71. The van der Waals surface area contributed by atoms with Crippen molar-refractivity contribution < 1.29 is 14.3 Å². The monoisotopic (exact) mass is 271 g/mol. The Balaban J connectivity index is 2.36. The molecule has 0 bridgehead atoms. The lowest BCUT2D eigenvalue weighted by molar-refractivity contribution is -0.154. The van der Waals surface area contributed by atoms with Crippen LogP contribution in [0.2, 0.25) is 0 Å². The van der Waals surface area contributed by atoms with E-state index >= 15 is 0 Å². The molecule has 0 saturated heterocycles. The lowest BCUT2D eigenvalue weighted by Crippen LogP contribution is -2.38. The number of carbonyl (C=O) groups excluding carboxylic acids is 1. The number of hydrogen-bond acceptors (Lipinski definition) is 4. The highest BCUT2D eigenvalue weighted by Gasteiger charge is 2.33. The molecule has 1 saturated carbocycles. The first-order valence-corrected chi connectivity index (χ1v) is 7.43. The van der Waals surface area contributed by atoms with E-state index in [1.165, 1.54) is 12.8 Å². The Morgan fingerprint density at radius 2 is 2.11 bits per heavy atom. The molecule has 0 spiro atoms. The van der Waals surface area contributed by atoms with Gasteiger partial charge in [-0.15, -0.1) is 0 Å². The van der Waals surface area contributed by atoms with Crippen LogP contribution in [0.25, 0.3) is 0 Å². The van der Waals surface area contributed by atoms with Crippen LogP contribution < -0.4 is 5.32 Å². The normalized spacial score (nSPS) is 27.5. The third-order valence-corrected chi connectivity index (χ3v) is 4.00. The number of methoxy groups -OCH3 is 1. The fraction of sp³-hybridized carbons (Fsp3) is 0.933. The number of carbonyl (C=O) groups is 1. The summed E-state index contributed by atoms with van der Waals surface area (Å²) in [6.07, 6.45) is 3.53. The number of esters is 1. The Morgan fingerprint density at radius 3 is 2.74 bits per heavy atom. The molecule has 0 amide bonds. The summed E-state index contributed by atoms with van der Waals surface area (Å²) >= 11 is 0. The van der Waals surface area contributed by atoms with Crippen LogP contribution in [0.5, 0.6) is 0 Å². The second-order valence-electron chi connectivity index (χ2n) is 6.02.